The molecule has 3 rings (SSSR count). The number of hydrogen-bond acceptors (Lipinski definition) is 5. The molecular formula is C17H16N4O3S. The van der Waals surface area contributed by atoms with Crippen LogP contribution in [0, 0.1) is 0 Å². The number of aromatic nitrogens is 2. The number of benzene rings is 1. The molecule has 0 unspecified atom stereocenters. The van der Waals surface area contributed by atoms with Crippen molar-refractivity contribution in [1.29, 1.82) is 0 Å². The van der Waals surface area contributed by atoms with Gasteiger partial charge in [0.15, 0.2) is 5.16 Å². The first-order valence-electron chi connectivity index (χ1n) is 7.49. The molecule has 0 bridgehead atoms. The Morgan fingerprint density at radius 2 is 2.00 bits per heavy atom. The van der Waals surface area contributed by atoms with Crippen LogP contribution in [0.1, 0.15) is 5.76 Å². The van der Waals surface area contributed by atoms with Gasteiger partial charge >= 0.3 is 6.03 Å². The van der Waals surface area contributed by atoms with Gasteiger partial charge in [-0.15, -0.1) is 0 Å². The normalized spacial score (nSPS) is 10.6. The average Bonchev–Trinajstić information content (AvgIpc) is 3.24. The number of rotatable bonds is 6. The molecule has 0 aliphatic rings. The minimum absolute atomic E-state index is 0.0341. The molecule has 3 aromatic rings. The number of nitrogens with one attached hydrogen (secondary N) is 1. The molecule has 0 atom stereocenters. The zero-order chi connectivity index (χ0) is 17.6. The Kier molecular flexibility index (Phi) is 5.20. The Hall–Kier alpha value is -3.00. The summed E-state index contributed by atoms with van der Waals surface area (Å²) in [7, 11) is 0. The molecule has 0 aliphatic heterocycles. The Morgan fingerprint density at radius 3 is 2.68 bits per heavy atom. The fourth-order valence-corrected chi connectivity index (χ4v) is 3.11. The first-order chi connectivity index (χ1) is 12.1. The van der Waals surface area contributed by atoms with Crippen molar-refractivity contribution in [3.63, 3.8) is 0 Å². The summed E-state index contributed by atoms with van der Waals surface area (Å²) in [6.45, 7) is 0.483. The zero-order valence-corrected chi connectivity index (χ0v) is 14.0. The van der Waals surface area contributed by atoms with Crippen molar-refractivity contribution in [3.05, 3.63) is 60.7 Å². The molecule has 0 saturated carbocycles. The number of urea groups is 1. The number of hydrogen-bond donors (Lipinski definition) is 2. The molecule has 0 saturated heterocycles. The number of carbonyl (C=O) groups is 2. The zero-order valence-electron chi connectivity index (χ0n) is 13.2. The van der Waals surface area contributed by atoms with Gasteiger partial charge in [-0.2, -0.15) is 0 Å². The van der Waals surface area contributed by atoms with Gasteiger partial charge in [0.1, 0.15) is 5.76 Å². The summed E-state index contributed by atoms with van der Waals surface area (Å²) < 4.78 is 7.40. The van der Waals surface area contributed by atoms with Gasteiger partial charge in [-0.1, -0.05) is 42.1 Å². The average molecular weight is 356 g/mol. The van der Waals surface area contributed by atoms with E-state index in [2.05, 4.69) is 4.98 Å². The predicted molar refractivity (Wildman–Crippen MR) is 93.9 cm³/mol. The Labute approximate surface area is 148 Å². The minimum Gasteiger partial charge on any atom is -0.467 e. The third kappa shape index (κ3) is 4.30. The Morgan fingerprint density at radius 1 is 1.20 bits per heavy atom. The Balaban J connectivity index is 1.86. The smallest absolute Gasteiger partial charge is 0.318 e. The number of imide groups is 1. The van der Waals surface area contributed by atoms with Crippen LogP contribution in [0.4, 0.5) is 4.79 Å². The quantitative estimate of drug-likeness (QED) is 0.661. The van der Waals surface area contributed by atoms with E-state index in [0.29, 0.717) is 11.7 Å². The third-order valence-corrected chi connectivity index (χ3v) is 4.37. The van der Waals surface area contributed by atoms with E-state index >= 15 is 0 Å². The summed E-state index contributed by atoms with van der Waals surface area (Å²) in [5, 5.41) is 2.69. The molecule has 2 heterocycles. The molecule has 0 radical (unpaired) electrons. The number of primary amides is 1. The maximum absolute atomic E-state index is 11.6. The molecule has 0 fully saturated rings. The summed E-state index contributed by atoms with van der Waals surface area (Å²) in [5.41, 5.74) is 6.87. The van der Waals surface area contributed by atoms with Gasteiger partial charge in [0, 0.05) is 0 Å². The highest BCUT2D eigenvalue weighted by atomic mass is 32.2. The third-order valence-electron chi connectivity index (χ3n) is 3.38. The van der Waals surface area contributed by atoms with E-state index in [1.165, 1.54) is 11.8 Å². The van der Waals surface area contributed by atoms with Gasteiger partial charge in [-0.05, 0) is 17.7 Å². The number of imidazole rings is 1. The minimum atomic E-state index is -0.866. The van der Waals surface area contributed by atoms with Gasteiger partial charge < -0.3 is 14.7 Å². The highest BCUT2D eigenvalue weighted by molar-refractivity contribution is 7.99. The predicted octanol–water partition coefficient (Wildman–Crippen LogP) is 2.48. The maximum atomic E-state index is 11.6. The summed E-state index contributed by atoms with van der Waals surface area (Å²) in [5.74, 6) is 0.344. The van der Waals surface area contributed by atoms with Crippen LogP contribution < -0.4 is 11.1 Å². The van der Waals surface area contributed by atoms with Crippen LogP contribution in [0.3, 0.4) is 0 Å². The number of thioether (sulfide) groups is 1. The summed E-state index contributed by atoms with van der Waals surface area (Å²) in [6, 6.07) is 12.7. The van der Waals surface area contributed by atoms with Gasteiger partial charge in [-0.3, -0.25) is 10.1 Å². The first-order valence-corrected chi connectivity index (χ1v) is 8.47. The van der Waals surface area contributed by atoms with Crippen molar-refractivity contribution in [2.24, 2.45) is 5.73 Å². The second kappa shape index (κ2) is 7.71. The lowest BCUT2D eigenvalue weighted by Crippen LogP contribution is -2.36. The fraction of sp³-hybridized carbons (Fsp3) is 0.118. The van der Waals surface area contributed by atoms with Crippen LogP contribution in [0.25, 0.3) is 11.3 Å². The monoisotopic (exact) mass is 356 g/mol. The fourth-order valence-electron chi connectivity index (χ4n) is 2.33. The largest absolute Gasteiger partial charge is 0.467 e. The van der Waals surface area contributed by atoms with Crippen molar-refractivity contribution in [3.8, 4) is 11.3 Å². The maximum Gasteiger partial charge on any atom is 0.318 e. The van der Waals surface area contributed by atoms with Crippen LogP contribution in [0.15, 0.2) is 64.5 Å². The Bertz CT molecular complexity index is 859. The molecule has 2 aromatic heterocycles. The van der Waals surface area contributed by atoms with Crippen molar-refractivity contribution >= 4 is 23.7 Å². The summed E-state index contributed by atoms with van der Waals surface area (Å²) in [4.78, 5) is 26.8. The lowest BCUT2D eigenvalue weighted by Gasteiger charge is -2.10. The van der Waals surface area contributed by atoms with E-state index in [9.17, 15) is 9.59 Å². The van der Waals surface area contributed by atoms with Gasteiger partial charge in [-0.25, -0.2) is 9.78 Å². The molecule has 3 N–H and O–H groups in total. The van der Waals surface area contributed by atoms with Crippen LogP contribution >= 0.6 is 11.8 Å². The summed E-state index contributed by atoms with van der Waals surface area (Å²) >= 11 is 1.22. The molecule has 3 amide bonds. The van der Waals surface area contributed by atoms with Crippen LogP contribution in [0.2, 0.25) is 0 Å². The lowest BCUT2D eigenvalue weighted by atomic mass is 10.2. The van der Waals surface area contributed by atoms with E-state index in [1.807, 2.05) is 52.3 Å². The van der Waals surface area contributed by atoms with Gasteiger partial charge in [0.25, 0.3) is 0 Å². The number of nitrogens with zero attached hydrogens (tertiary/aromatic N) is 2. The molecule has 0 aliphatic carbocycles. The van der Waals surface area contributed by atoms with E-state index < -0.39 is 11.9 Å². The standard InChI is InChI=1S/C17H16N4O3S/c18-16(23)20-15(22)11-25-17-19-9-14(12-5-2-1-3-6-12)21(17)10-13-7-4-8-24-13/h1-9H,10-11H2,(H3,18,20,22,23). The van der Waals surface area contributed by atoms with Crippen molar-refractivity contribution in [2.45, 2.75) is 11.7 Å². The second-order valence-electron chi connectivity index (χ2n) is 5.16. The molecular weight excluding hydrogens is 340 g/mol. The highest BCUT2D eigenvalue weighted by Crippen LogP contribution is 2.27. The van der Waals surface area contributed by atoms with Gasteiger partial charge in [0.2, 0.25) is 5.91 Å². The molecule has 128 valence electrons. The molecule has 0 spiro atoms. The van der Waals surface area contributed by atoms with E-state index in [1.54, 1.807) is 12.5 Å². The van der Waals surface area contributed by atoms with E-state index in [-0.39, 0.29) is 5.75 Å². The van der Waals surface area contributed by atoms with Crippen LogP contribution in [0.5, 0.6) is 0 Å². The molecule has 1 aromatic carbocycles. The highest BCUT2D eigenvalue weighted by Gasteiger charge is 2.15. The van der Waals surface area contributed by atoms with Crippen molar-refractivity contribution in [2.75, 3.05) is 5.75 Å². The first kappa shape index (κ1) is 16.8. The van der Waals surface area contributed by atoms with Crippen molar-refractivity contribution in [1.82, 2.24) is 14.9 Å². The van der Waals surface area contributed by atoms with Crippen LogP contribution in [-0.2, 0) is 11.3 Å². The number of nitrogens with two attached hydrogens (primary N) is 1. The molecule has 25 heavy (non-hydrogen) atoms. The number of furan rings is 1. The topological polar surface area (TPSA) is 103 Å². The van der Waals surface area contributed by atoms with Gasteiger partial charge in [0.05, 0.1) is 30.5 Å². The molecule has 8 heteroatoms. The SMILES string of the molecule is NC(=O)NC(=O)CSc1ncc(-c2ccccc2)n1Cc1ccco1. The lowest BCUT2D eigenvalue weighted by molar-refractivity contribution is -0.117. The number of amides is 3. The van der Waals surface area contributed by atoms with Crippen molar-refractivity contribution < 1.29 is 14.0 Å². The summed E-state index contributed by atoms with van der Waals surface area (Å²) in [6.07, 6.45) is 3.37. The molecule has 7 nitrogen and oxygen atoms in total. The second-order valence-corrected chi connectivity index (χ2v) is 6.10. The van der Waals surface area contributed by atoms with E-state index in [0.717, 1.165) is 17.0 Å². The van der Waals surface area contributed by atoms with Crippen LogP contribution in [-0.4, -0.2) is 27.2 Å². The number of carbonyl (C=O) groups excluding carboxylic acids is 2. The van der Waals surface area contributed by atoms with E-state index in [4.69, 9.17) is 10.2 Å².